The first-order valence-electron chi connectivity index (χ1n) is 3.70. The van der Waals surface area contributed by atoms with E-state index in [-0.39, 0.29) is 12.2 Å². The largest absolute Gasteiger partial charge is 0.462 e. The number of carbonyl (C=O) groups excluding carboxylic acids is 1. The maximum atomic E-state index is 12.6. The minimum absolute atomic E-state index is 0.0805. The van der Waals surface area contributed by atoms with Crippen molar-refractivity contribution >= 4 is 5.97 Å². The summed E-state index contributed by atoms with van der Waals surface area (Å²) in [7, 11) is 0. The quantitative estimate of drug-likeness (QED) is 0.544. The van der Waals surface area contributed by atoms with E-state index in [4.69, 9.17) is 0 Å². The summed E-state index contributed by atoms with van der Waals surface area (Å²) in [5, 5.41) is 0. The fraction of sp³-hybridized carbons (Fsp3) is 0.250. The van der Waals surface area contributed by atoms with Gasteiger partial charge < -0.3 is 4.74 Å². The molecule has 13 heavy (non-hydrogen) atoms. The lowest BCUT2D eigenvalue weighted by Gasteiger charge is -1.99. The van der Waals surface area contributed by atoms with Gasteiger partial charge in [0.1, 0.15) is 0 Å². The monoisotopic (exact) mass is 185 g/mol. The van der Waals surface area contributed by atoms with E-state index in [1.165, 1.54) is 0 Å². The van der Waals surface area contributed by atoms with E-state index in [2.05, 4.69) is 4.74 Å². The van der Waals surface area contributed by atoms with E-state index in [0.29, 0.717) is 0 Å². The molecule has 1 rings (SSSR count). The highest BCUT2D eigenvalue weighted by molar-refractivity contribution is 5.89. The van der Waals surface area contributed by atoms with Crippen LogP contribution in [0.5, 0.6) is 0 Å². The Bertz CT molecular complexity index is 372. The van der Waals surface area contributed by atoms with Crippen LogP contribution in [0.25, 0.3) is 0 Å². The molecule has 0 unspecified atom stereocenters. The molecule has 70 valence electrons. The van der Waals surface area contributed by atoms with Crippen LogP contribution < -0.4 is 5.56 Å². The van der Waals surface area contributed by atoms with Crippen LogP contribution in [0, 0.1) is 5.95 Å². The summed E-state index contributed by atoms with van der Waals surface area (Å²) in [6, 6.07) is 1.90. The van der Waals surface area contributed by atoms with Gasteiger partial charge in [-0.25, -0.2) is 4.79 Å². The highest BCUT2D eigenvalue weighted by Gasteiger charge is 2.08. The zero-order valence-electron chi connectivity index (χ0n) is 6.96. The second-order valence-corrected chi connectivity index (χ2v) is 2.30. The first-order valence-corrected chi connectivity index (χ1v) is 3.70. The van der Waals surface area contributed by atoms with Gasteiger partial charge in [-0.15, -0.1) is 0 Å². The normalized spacial score (nSPS) is 9.69. The van der Waals surface area contributed by atoms with Crippen LogP contribution in [-0.2, 0) is 4.74 Å². The summed E-state index contributed by atoms with van der Waals surface area (Å²) in [5.41, 5.74) is -0.744. The second kappa shape index (κ2) is 3.84. The van der Waals surface area contributed by atoms with Gasteiger partial charge in [0.05, 0.1) is 12.2 Å². The minimum atomic E-state index is -0.851. The van der Waals surface area contributed by atoms with Gasteiger partial charge in [-0.2, -0.15) is 4.39 Å². The molecule has 0 aliphatic heterocycles. The molecule has 0 fully saturated rings. The van der Waals surface area contributed by atoms with Crippen molar-refractivity contribution in [1.29, 1.82) is 0 Å². The zero-order chi connectivity index (χ0) is 9.84. The van der Waals surface area contributed by atoms with Crippen molar-refractivity contribution in [1.82, 2.24) is 4.98 Å². The van der Waals surface area contributed by atoms with Crippen molar-refractivity contribution in [3.8, 4) is 0 Å². The molecule has 0 aromatic carbocycles. The molecule has 0 spiro atoms. The van der Waals surface area contributed by atoms with Gasteiger partial charge in [0.25, 0.3) is 5.56 Å². The minimum Gasteiger partial charge on any atom is -0.462 e. The van der Waals surface area contributed by atoms with Crippen LogP contribution in [0.2, 0.25) is 0 Å². The van der Waals surface area contributed by atoms with Crippen molar-refractivity contribution in [3.05, 3.63) is 34.0 Å². The van der Waals surface area contributed by atoms with E-state index < -0.39 is 17.5 Å². The third-order valence-corrected chi connectivity index (χ3v) is 1.32. The molecule has 0 bridgehead atoms. The fourth-order valence-electron chi connectivity index (χ4n) is 0.842. The van der Waals surface area contributed by atoms with Crippen LogP contribution >= 0.6 is 0 Å². The van der Waals surface area contributed by atoms with Crippen LogP contribution in [-0.4, -0.2) is 17.6 Å². The van der Waals surface area contributed by atoms with Crippen LogP contribution in [0.4, 0.5) is 4.39 Å². The smallest absolute Gasteiger partial charge is 0.338 e. The molecule has 0 aliphatic carbocycles. The first-order chi connectivity index (χ1) is 6.13. The van der Waals surface area contributed by atoms with Crippen molar-refractivity contribution < 1.29 is 13.9 Å². The summed E-state index contributed by atoms with van der Waals surface area (Å²) in [5.74, 6) is -1.55. The molecule has 1 aromatic rings. The van der Waals surface area contributed by atoms with Crippen molar-refractivity contribution in [2.75, 3.05) is 6.61 Å². The maximum absolute atomic E-state index is 12.6. The molecule has 0 saturated carbocycles. The summed E-state index contributed by atoms with van der Waals surface area (Å²) in [6.07, 6.45) is 0. The predicted octanol–water partition coefficient (Wildman–Crippen LogP) is 0.691. The Labute approximate surface area is 73.3 Å². The molecule has 5 heteroatoms. The number of ether oxygens (including phenoxy) is 1. The number of aromatic nitrogens is 1. The van der Waals surface area contributed by atoms with E-state index in [1.807, 2.05) is 4.98 Å². The van der Waals surface area contributed by atoms with Crippen molar-refractivity contribution in [2.24, 2.45) is 0 Å². The molecule has 4 nitrogen and oxygen atoms in total. The number of aromatic amines is 1. The summed E-state index contributed by atoms with van der Waals surface area (Å²) < 4.78 is 17.1. The molecule has 0 aliphatic rings. The molecular formula is C8H8FNO3. The molecule has 0 saturated heterocycles. The Morgan fingerprint density at radius 3 is 2.85 bits per heavy atom. The van der Waals surface area contributed by atoms with E-state index in [9.17, 15) is 14.0 Å². The summed E-state index contributed by atoms with van der Waals surface area (Å²) in [4.78, 5) is 23.6. The van der Waals surface area contributed by atoms with Crippen LogP contribution in [0.3, 0.4) is 0 Å². The van der Waals surface area contributed by atoms with Gasteiger partial charge in [0, 0.05) is 12.1 Å². The predicted molar refractivity (Wildman–Crippen MR) is 43.0 cm³/mol. The molecule has 0 atom stereocenters. The molecule has 0 radical (unpaired) electrons. The second-order valence-electron chi connectivity index (χ2n) is 2.30. The van der Waals surface area contributed by atoms with Crippen molar-refractivity contribution in [2.45, 2.75) is 6.92 Å². The third kappa shape index (κ3) is 2.40. The lowest BCUT2D eigenvalue weighted by molar-refractivity contribution is 0.0525. The zero-order valence-corrected chi connectivity index (χ0v) is 6.96. The first kappa shape index (κ1) is 9.44. The lowest BCUT2D eigenvalue weighted by atomic mass is 10.3. The number of carbonyl (C=O) groups is 1. The Morgan fingerprint density at radius 1 is 1.62 bits per heavy atom. The number of halogens is 1. The van der Waals surface area contributed by atoms with Gasteiger partial charge in [0.2, 0.25) is 0 Å². The number of nitrogens with one attached hydrogen (secondary N) is 1. The van der Waals surface area contributed by atoms with E-state index in [0.717, 1.165) is 12.1 Å². The van der Waals surface area contributed by atoms with E-state index in [1.54, 1.807) is 6.92 Å². The summed E-state index contributed by atoms with van der Waals surface area (Å²) in [6.45, 7) is 1.81. The third-order valence-electron chi connectivity index (χ3n) is 1.32. The lowest BCUT2D eigenvalue weighted by Crippen LogP contribution is -2.13. The SMILES string of the molecule is CCOC(=O)c1cc(F)[nH]c(=O)c1. The van der Waals surface area contributed by atoms with Gasteiger partial charge in [-0.1, -0.05) is 0 Å². The van der Waals surface area contributed by atoms with Gasteiger partial charge >= 0.3 is 5.97 Å². The molecule has 1 heterocycles. The Morgan fingerprint density at radius 2 is 2.31 bits per heavy atom. The standard InChI is InChI=1S/C8H8FNO3/c1-2-13-8(12)5-3-6(9)10-7(11)4-5/h3-4H,2H2,1H3,(H,10,11). The Hall–Kier alpha value is -1.65. The molecular weight excluding hydrogens is 177 g/mol. The number of hydrogen-bond donors (Lipinski definition) is 1. The maximum Gasteiger partial charge on any atom is 0.338 e. The van der Waals surface area contributed by atoms with Crippen LogP contribution in [0.15, 0.2) is 16.9 Å². The fourth-order valence-corrected chi connectivity index (χ4v) is 0.842. The van der Waals surface area contributed by atoms with Gasteiger partial charge in [0.15, 0.2) is 5.95 Å². The number of esters is 1. The van der Waals surface area contributed by atoms with Gasteiger partial charge in [-0.05, 0) is 6.92 Å². The highest BCUT2D eigenvalue weighted by Crippen LogP contribution is 1.99. The average molecular weight is 185 g/mol. The highest BCUT2D eigenvalue weighted by atomic mass is 19.1. The number of pyridine rings is 1. The average Bonchev–Trinajstić information content (AvgIpc) is 2.03. The molecule has 1 aromatic heterocycles. The number of hydrogen-bond acceptors (Lipinski definition) is 3. The molecule has 1 N–H and O–H groups in total. The number of rotatable bonds is 2. The Kier molecular flexibility index (Phi) is 2.79. The van der Waals surface area contributed by atoms with E-state index >= 15 is 0 Å². The van der Waals surface area contributed by atoms with Crippen molar-refractivity contribution in [3.63, 3.8) is 0 Å². The molecule has 0 amide bonds. The van der Waals surface area contributed by atoms with Gasteiger partial charge in [-0.3, -0.25) is 9.78 Å². The Balaban J connectivity index is 3.01. The van der Waals surface area contributed by atoms with Crippen LogP contribution in [0.1, 0.15) is 17.3 Å². The number of H-pyrrole nitrogens is 1. The summed E-state index contributed by atoms with van der Waals surface area (Å²) >= 11 is 0. The topological polar surface area (TPSA) is 59.2 Å².